The van der Waals surface area contributed by atoms with Gasteiger partial charge in [-0.2, -0.15) is 13.2 Å². The summed E-state index contributed by atoms with van der Waals surface area (Å²) < 4.78 is 61.9. The van der Waals surface area contributed by atoms with Crippen molar-refractivity contribution in [1.29, 1.82) is 0 Å². The van der Waals surface area contributed by atoms with Crippen LogP contribution in [-0.2, 0) is 10.4 Å². The van der Waals surface area contributed by atoms with Crippen molar-refractivity contribution in [3.05, 3.63) is 23.9 Å². The lowest BCUT2D eigenvalue weighted by Gasteiger charge is -2.31. The van der Waals surface area contributed by atoms with Gasteiger partial charge in [-0.15, -0.1) is 0 Å². The molecule has 6 nitrogen and oxygen atoms in total. The molecule has 22 heavy (non-hydrogen) atoms. The highest BCUT2D eigenvalue weighted by Gasteiger charge is 2.36. The van der Waals surface area contributed by atoms with E-state index in [2.05, 4.69) is 9.17 Å². The van der Waals surface area contributed by atoms with Crippen LogP contribution in [-0.4, -0.2) is 38.2 Å². The maximum absolute atomic E-state index is 12.6. The lowest BCUT2D eigenvalue weighted by atomic mass is 10.1. The Balaban J connectivity index is 2.14. The van der Waals surface area contributed by atoms with Crippen molar-refractivity contribution in [2.45, 2.75) is 30.5 Å². The van der Waals surface area contributed by atoms with Crippen molar-refractivity contribution in [2.24, 2.45) is 0 Å². The SMILES string of the molecule is O=C(OS(O)(O)c1cccc(C(F)(F)F)n1)N1CCCCC1. The molecule has 0 atom stereocenters. The summed E-state index contributed by atoms with van der Waals surface area (Å²) in [5.41, 5.74) is -1.29. The van der Waals surface area contributed by atoms with Gasteiger partial charge < -0.3 is 9.08 Å². The molecule has 1 aliphatic heterocycles. The molecule has 10 heteroatoms. The van der Waals surface area contributed by atoms with Gasteiger partial charge >= 0.3 is 12.3 Å². The number of alkyl halides is 3. The topological polar surface area (TPSA) is 82.9 Å². The van der Waals surface area contributed by atoms with Gasteiger partial charge in [0.2, 0.25) is 0 Å². The molecule has 0 saturated carbocycles. The number of halogens is 3. The predicted octanol–water partition coefficient (Wildman–Crippen LogP) is 3.75. The van der Waals surface area contributed by atoms with E-state index in [0.717, 1.165) is 31.4 Å². The number of pyridine rings is 1. The van der Waals surface area contributed by atoms with Crippen LogP contribution in [0.3, 0.4) is 0 Å². The molecule has 0 aromatic carbocycles. The second-order valence-electron chi connectivity index (χ2n) is 4.75. The average molecular weight is 340 g/mol. The number of hydrogen-bond acceptors (Lipinski definition) is 5. The van der Waals surface area contributed by atoms with Crippen LogP contribution in [0.1, 0.15) is 25.0 Å². The number of piperidine rings is 1. The van der Waals surface area contributed by atoms with E-state index in [9.17, 15) is 27.1 Å². The van der Waals surface area contributed by atoms with E-state index in [-0.39, 0.29) is 0 Å². The Morgan fingerprint density at radius 1 is 1.23 bits per heavy atom. The average Bonchev–Trinajstić information content (AvgIpc) is 2.47. The van der Waals surface area contributed by atoms with E-state index in [1.165, 1.54) is 4.90 Å². The Labute approximate surface area is 126 Å². The molecule has 0 spiro atoms. The van der Waals surface area contributed by atoms with Gasteiger partial charge in [-0.1, -0.05) is 6.07 Å². The van der Waals surface area contributed by atoms with E-state index < -0.39 is 33.9 Å². The second-order valence-corrected chi connectivity index (χ2v) is 6.33. The first-order valence-electron chi connectivity index (χ1n) is 6.51. The van der Waals surface area contributed by atoms with E-state index in [1.54, 1.807) is 0 Å². The van der Waals surface area contributed by atoms with Crippen LogP contribution in [0.2, 0.25) is 0 Å². The first kappa shape index (κ1) is 16.8. The first-order valence-corrected chi connectivity index (χ1v) is 7.98. The molecule has 0 aliphatic carbocycles. The summed E-state index contributed by atoms with van der Waals surface area (Å²) in [5, 5.41) is -0.729. The summed E-state index contributed by atoms with van der Waals surface area (Å²) in [5.74, 6) is 0. The van der Waals surface area contributed by atoms with Gasteiger partial charge in [0.05, 0.1) is 0 Å². The van der Waals surface area contributed by atoms with Crippen LogP contribution >= 0.6 is 10.9 Å². The standard InChI is InChI=1S/C12H15F3N2O4S/c13-12(14,15)9-5-4-6-10(16-9)22(19,20)21-11(18)17-7-2-1-3-8-17/h4-6,19-20H,1-3,7-8H2. The highest BCUT2D eigenvalue weighted by Crippen LogP contribution is 2.49. The van der Waals surface area contributed by atoms with Crippen LogP contribution in [0.15, 0.2) is 23.2 Å². The zero-order valence-corrected chi connectivity index (χ0v) is 12.2. The number of nitrogens with zero attached hydrogens (tertiary/aromatic N) is 2. The van der Waals surface area contributed by atoms with E-state index in [0.29, 0.717) is 19.2 Å². The van der Waals surface area contributed by atoms with Gasteiger partial charge in [0.25, 0.3) is 0 Å². The molecule has 2 N–H and O–H groups in total. The summed E-state index contributed by atoms with van der Waals surface area (Å²) in [6.07, 6.45) is -3.23. The molecule has 124 valence electrons. The van der Waals surface area contributed by atoms with Gasteiger partial charge in [-0.25, -0.2) is 9.78 Å². The summed E-state index contributed by atoms with van der Waals surface area (Å²) in [7, 11) is -4.19. The lowest BCUT2D eigenvalue weighted by molar-refractivity contribution is -0.141. The van der Waals surface area contributed by atoms with Crippen molar-refractivity contribution in [1.82, 2.24) is 9.88 Å². The Morgan fingerprint density at radius 2 is 1.86 bits per heavy atom. The molecule has 0 radical (unpaired) electrons. The monoisotopic (exact) mass is 340 g/mol. The number of aromatic nitrogens is 1. The number of likely N-dealkylation sites (tertiary alicyclic amines) is 1. The fraction of sp³-hybridized carbons (Fsp3) is 0.500. The second kappa shape index (κ2) is 6.31. The number of rotatable bonds is 2. The number of hydrogen-bond donors (Lipinski definition) is 2. The molecule has 1 aromatic rings. The predicted molar refractivity (Wildman–Crippen MR) is 72.3 cm³/mol. The molecule has 0 bridgehead atoms. The molecular weight excluding hydrogens is 325 g/mol. The molecule has 0 unspecified atom stereocenters. The minimum absolute atomic E-state index is 0.407. The highest BCUT2D eigenvalue weighted by atomic mass is 32.3. The Bertz CT molecular complexity index is 547. The quantitative estimate of drug-likeness (QED) is 0.857. The van der Waals surface area contributed by atoms with Crippen LogP contribution in [0.4, 0.5) is 18.0 Å². The van der Waals surface area contributed by atoms with E-state index >= 15 is 0 Å². The van der Waals surface area contributed by atoms with Crippen molar-refractivity contribution in [3.63, 3.8) is 0 Å². The van der Waals surface area contributed by atoms with Crippen molar-refractivity contribution in [2.75, 3.05) is 13.1 Å². The molecule has 1 aliphatic rings. The van der Waals surface area contributed by atoms with Crippen LogP contribution < -0.4 is 0 Å². The molecule has 2 heterocycles. The van der Waals surface area contributed by atoms with Gasteiger partial charge in [-0.05, 0) is 31.4 Å². The zero-order chi connectivity index (χ0) is 16.4. The Hall–Kier alpha value is -1.52. The van der Waals surface area contributed by atoms with Crippen molar-refractivity contribution < 1.29 is 31.3 Å². The summed E-state index contributed by atoms with van der Waals surface area (Å²) in [6, 6.07) is 2.62. The van der Waals surface area contributed by atoms with Crippen LogP contribution in [0, 0.1) is 0 Å². The largest absolute Gasteiger partial charge is 0.433 e. The van der Waals surface area contributed by atoms with Gasteiger partial charge in [-0.3, -0.25) is 9.11 Å². The summed E-state index contributed by atoms with van der Waals surface area (Å²) in [4.78, 5) is 16.2. The van der Waals surface area contributed by atoms with E-state index in [4.69, 9.17) is 0 Å². The molecule has 2 rings (SSSR count). The number of carbonyl (C=O) groups excluding carboxylic acids is 1. The Morgan fingerprint density at radius 3 is 2.45 bits per heavy atom. The third-order valence-corrected chi connectivity index (χ3v) is 4.24. The number of carbonyl (C=O) groups is 1. The maximum Gasteiger partial charge on any atom is 0.433 e. The molecule has 1 saturated heterocycles. The van der Waals surface area contributed by atoms with Crippen molar-refractivity contribution in [3.8, 4) is 0 Å². The third kappa shape index (κ3) is 4.02. The minimum atomic E-state index is -4.73. The third-order valence-electron chi connectivity index (χ3n) is 3.09. The van der Waals surface area contributed by atoms with Gasteiger partial charge in [0.15, 0.2) is 15.9 Å². The van der Waals surface area contributed by atoms with Crippen LogP contribution in [0.25, 0.3) is 0 Å². The van der Waals surface area contributed by atoms with E-state index in [1.807, 2.05) is 0 Å². The zero-order valence-electron chi connectivity index (χ0n) is 11.4. The molecule has 1 amide bonds. The fourth-order valence-electron chi connectivity index (χ4n) is 1.99. The number of amides is 1. The molecular formula is C12H15F3N2O4S. The first-order chi connectivity index (χ1) is 10.2. The molecule has 1 fully saturated rings. The normalized spacial score (nSPS) is 17.2. The Kier molecular flexibility index (Phi) is 4.83. The molecule has 1 aromatic heterocycles. The fourth-order valence-corrected chi connectivity index (χ4v) is 2.85. The minimum Gasteiger partial charge on any atom is -0.345 e. The van der Waals surface area contributed by atoms with Gasteiger partial charge in [0, 0.05) is 13.1 Å². The summed E-state index contributed by atoms with van der Waals surface area (Å²) in [6.45, 7) is 0.814. The smallest absolute Gasteiger partial charge is 0.345 e. The van der Waals surface area contributed by atoms with Crippen LogP contribution in [0.5, 0.6) is 0 Å². The van der Waals surface area contributed by atoms with Crippen molar-refractivity contribution >= 4 is 17.0 Å². The summed E-state index contributed by atoms with van der Waals surface area (Å²) >= 11 is 0. The lowest BCUT2D eigenvalue weighted by Crippen LogP contribution is -2.36. The van der Waals surface area contributed by atoms with Gasteiger partial charge in [0.1, 0.15) is 5.69 Å². The highest BCUT2D eigenvalue weighted by molar-refractivity contribution is 8.20. The maximum atomic E-state index is 12.6.